The molecule has 0 spiro atoms. The molecule has 7 nitrogen and oxygen atoms in total. The summed E-state index contributed by atoms with van der Waals surface area (Å²) in [5, 5.41) is 8.68. The van der Waals surface area contributed by atoms with E-state index in [9.17, 15) is 14.4 Å². The highest BCUT2D eigenvalue weighted by Gasteiger charge is 2.24. The van der Waals surface area contributed by atoms with Crippen molar-refractivity contribution in [1.82, 2.24) is 10.3 Å². The number of hydrogen-bond donors (Lipinski definition) is 3. The molecular formula is C40H31BrN4O3S2. The molecule has 0 saturated heterocycles. The van der Waals surface area contributed by atoms with Crippen LogP contribution in [0.15, 0.2) is 155 Å². The summed E-state index contributed by atoms with van der Waals surface area (Å²) in [4.78, 5) is 46.9. The van der Waals surface area contributed by atoms with Gasteiger partial charge in [0.05, 0.1) is 5.69 Å². The third kappa shape index (κ3) is 9.03. The zero-order valence-electron chi connectivity index (χ0n) is 26.8. The fraction of sp³-hybridized carbons (Fsp3) is 0.0500. The Bertz CT molecular complexity index is 2140. The number of carbonyl (C=O) groups is 3. The smallest absolute Gasteiger partial charge is 0.272 e. The van der Waals surface area contributed by atoms with Gasteiger partial charge in [-0.05, 0) is 72.7 Å². The molecule has 6 aromatic rings. The van der Waals surface area contributed by atoms with E-state index in [0.717, 1.165) is 36.6 Å². The molecule has 0 bridgehead atoms. The Morgan fingerprint density at radius 2 is 1.44 bits per heavy atom. The van der Waals surface area contributed by atoms with Crippen molar-refractivity contribution in [1.29, 1.82) is 0 Å². The molecule has 1 unspecified atom stereocenters. The zero-order valence-corrected chi connectivity index (χ0v) is 30.0. The second kappa shape index (κ2) is 16.4. The number of benzene rings is 5. The molecule has 3 amide bonds. The van der Waals surface area contributed by atoms with Gasteiger partial charge in [-0.25, -0.2) is 4.98 Å². The number of thiazole rings is 1. The summed E-state index contributed by atoms with van der Waals surface area (Å²) >= 11 is 6.30. The second-order valence-corrected chi connectivity index (χ2v) is 14.4. The molecule has 0 aliphatic rings. The van der Waals surface area contributed by atoms with Gasteiger partial charge < -0.3 is 16.0 Å². The van der Waals surface area contributed by atoms with Crippen molar-refractivity contribution in [2.45, 2.75) is 17.1 Å². The minimum Gasteiger partial charge on any atom is -0.321 e. The number of thioether (sulfide) groups is 1. The van der Waals surface area contributed by atoms with E-state index in [4.69, 9.17) is 4.98 Å². The third-order valence-corrected chi connectivity index (χ3v) is 10.1. The van der Waals surface area contributed by atoms with Crippen LogP contribution in [-0.4, -0.2) is 22.7 Å². The lowest BCUT2D eigenvalue weighted by Gasteiger charge is -2.17. The fourth-order valence-corrected chi connectivity index (χ4v) is 7.32. The van der Waals surface area contributed by atoms with Gasteiger partial charge >= 0.3 is 0 Å². The SMILES string of the molecule is Cc1sc(NC(=O)C(Sc2ccc(NC(=O)/C(=C/c3cccc(Br)c3)NC(=O)c3ccccc3)cc2)c2ccccc2)nc1-c1ccccc1. The Labute approximate surface area is 307 Å². The van der Waals surface area contributed by atoms with Gasteiger partial charge in [-0.1, -0.05) is 107 Å². The number of halogens is 1. The first kappa shape index (κ1) is 34.6. The number of aromatic nitrogens is 1. The monoisotopic (exact) mass is 758 g/mol. The molecule has 0 fully saturated rings. The molecule has 6 rings (SSSR count). The number of nitrogens with one attached hydrogen (secondary N) is 3. The highest BCUT2D eigenvalue weighted by atomic mass is 79.9. The molecule has 1 aromatic heterocycles. The number of aryl methyl sites for hydroxylation is 1. The molecule has 3 N–H and O–H groups in total. The minimum absolute atomic E-state index is 0.0871. The van der Waals surface area contributed by atoms with Gasteiger partial charge in [0.15, 0.2) is 5.13 Å². The van der Waals surface area contributed by atoms with Crippen molar-refractivity contribution in [3.63, 3.8) is 0 Å². The molecule has 0 saturated carbocycles. The van der Waals surface area contributed by atoms with Crippen LogP contribution in [0.5, 0.6) is 0 Å². The Balaban J connectivity index is 1.18. The highest BCUT2D eigenvalue weighted by molar-refractivity contribution is 9.10. The largest absolute Gasteiger partial charge is 0.321 e. The van der Waals surface area contributed by atoms with E-state index >= 15 is 0 Å². The van der Waals surface area contributed by atoms with Crippen LogP contribution in [0.1, 0.15) is 31.6 Å². The quantitative estimate of drug-likeness (QED) is 0.0903. The van der Waals surface area contributed by atoms with Gasteiger partial charge in [-0.3, -0.25) is 14.4 Å². The summed E-state index contributed by atoms with van der Waals surface area (Å²) in [7, 11) is 0. The van der Waals surface area contributed by atoms with E-state index in [0.29, 0.717) is 16.4 Å². The molecule has 1 heterocycles. The van der Waals surface area contributed by atoms with E-state index in [1.807, 2.05) is 110 Å². The van der Waals surface area contributed by atoms with Crippen molar-refractivity contribution in [3.05, 3.63) is 171 Å². The van der Waals surface area contributed by atoms with E-state index in [2.05, 4.69) is 31.9 Å². The van der Waals surface area contributed by atoms with Gasteiger partial charge in [0.2, 0.25) is 5.91 Å². The predicted octanol–water partition coefficient (Wildman–Crippen LogP) is 9.76. The number of anilines is 2. The van der Waals surface area contributed by atoms with Crippen molar-refractivity contribution in [2.24, 2.45) is 0 Å². The first-order valence-electron chi connectivity index (χ1n) is 15.6. The van der Waals surface area contributed by atoms with Gasteiger partial charge in [-0.15, -0.1) is 23.1 Å². The summed E-state index contributed by atoms with van der Waals surface area (Å²) in [6, 6.07) is 42.9. The first-order chi connectivity index (χ1) is 24.3. The Morgan fingerprint density at radius 3 is 2.12 bits per heavy atom. The van der Waals surface area contributed by atoms with Crippen LogP contribution in [-0.2, 0) is 9.59 Å². The fourth-order valence-electron chi connectivity index (χ4n) is 5.04. The van der Waals surface area contributed by atoms with Gasteiger partial charge in [0.1, 0.15) is 10.9 Å². The number of carbonyl (C=O) groups excluding carboxylic acids is 3. The Hall–Kier alpha value is -5.29. The maximum atomic E-state index is 13.8. The molecule has 1 atom stereocenters. The predicted molar refractivity (Wildman–Crippen MR) is 207 cm³/mol. The van der Waals surface area contributed by atoms with E-state index in [1.165, 1.54) is 23.1 Å². The highest BCUT2D eigenvalue weighted by Crippen LogP contribution is 2.38. The average Bonchev–Trinajstić information content (AvgIpc) is 3.51. The number of hydrogen-bond acceptors (Lipinski definition) is 6. The molecule has 50 heavy (non-hydrogen) atoms. The van der Waals surface area contributed by atoms with E-state index < -0.39 is 17.1 Å². The number of nitrogens with zero attached hydrogens (tertiary/aromatic N) is 1. The topological polar surface area (TPSA) is 100 Å². The first-order valence-corrected chi connectivity index (χ1v) is 18.1. The summed E-state index contributed by atoms with van der Waals surface area (Å²) in [6.45, 7) is 2.00. The van der Waals surface area contributed by atoms with Gasteiger partial charge in [0.25, 0.3) is 11.8 Å². The average molecular weight is 760 g/mol. The zero-order chi connectivity index (χ0) is 34.9. The summed E-state index contributed by atoms with van der Waals surface area (Å²) in [6.07, 6.45) is 1.63. The molecule has 10 heteroatoms. The van der Waals surface area contributed by atoms with Crippen molar-refractivity contribution < 1.29 is 14.4 Å². The normalized spacial score (nSPS) is 11.8. The molecule has 5 aromatic carbocycles. The van der Waals surface area contributed by atoms with Crippen molar-refractivity contribution in [3.8, 4) is 11.3 Å². The van der Waals surface area contributed by atoms with Gasteiger partial charge in [0, 0.05) is 31.1 Å². The molecule has 248 valence electrons. The van der Waals surface area contributed by atoms with Gasteiger partial charge in [-0.2, -0.15) is 0 Å². The van der Waals surface area contributed by atoms with E-state index in [1.54, 1.807) is 42.5 Å². The minimum atomic E-state index is -0.561. The standard InChI is InChI=1S/C40H31BrN4O3S2/c1-26-35(28-13-5-2-6-14-28)44-40(49-26)45-39(48)36(29-15-7-3-8-16-29)50-33-22-20-32(21-23-33)42-38(47)34(25-27-12-11-19-31(41)24-27)43-37(46)30-17-9-4-10-18-30/h2-25,36H,1H3,(H,42,47)(H,43,46)(H,44,45,48)/b34-25-. The van der Waals surface area contributed by atoms with E-state index in [-0.39, 0.29) is 11.6 Å². The molecule has 0 aliphatic carbocycles. The van der Waals surface area contributed by atoms with Crippen LogP contribution in [0.3, 0.4) is 0 Å². The second-order valence-electron chi connectivity index (χ2n) is 11.1. The van der Waals surface area contributed by atoms with Crippen LogP contribution in [0.2, 0.25) is 0 Å². The number of rotatable bonds is 11. The van der Waals surface area contributed by atoms with Crippen LogP contribution in [0.4, 0.5) is 10.8 Å². The maximum Gasteiger partial charge on any atom is 0.272 e. The molecule has 0 aliphatic heterocycles. The summed E-state index contributed by atoms with van der Waals surface area (Å²) in [5.74, 6) is -1.07. The lowest BCUT2D eigenvalue weighted by Crippen LogP contribution is -2.30. The van der Waals surface area contributed by atoms with Crippen LogP contribution < -0.4 is 16.0 Å². The van der Waals surface area contributed by atoms with Crippen LogP contribution in [0.25, 0.3) is 17.3 Å². The molecular weight excluding hydrogens is 729 g/mol. The summed E-state index contributed by atoms with van der Waals surface area (Å²) in [5.41, 5.74) is 4.48. The summed E-state index contributed by atoms with van der Waals surface area (Å²) < 4.78 is 0.842. The lowest BCUT2D eigenvalue weighted by molar-refractivity contribution is -0.116. The van der Waals surface area contributed by atoms with Crippen LogP contribution >= 0.6 is 39.0 Å². The third-order valence-electron chi connectivity index (χ3n) is 7.47. The van der Waals surface area contributed by atoms with Crippen molar-refractivity contribution >= 4 is 73.6 Å². The number of amides is 3. The van der Waals surface area contributed by atoms with Crippen LogP contribution in [0, 0.1) is 6.92 Å². The van der Waals surface area contributed by atoms with Crippen molar-refractivity contribution in [2.75, 3.05) is 10.6 Å². The lowest BCUT2D eigenvalue weighted by atomic mass is 10.1. The Morgan fingerprint density at radius 1 is 0.780 bits per heavy atom. The molecule has 0 radical (unpaired) electrons. The maximum absolute atomic E-state index is 13.8. The Kier molecular flexibility index (Phi) is 11.3.